The number of carboxylic acid groups (broad SMARTS) is 1. The molecule has 0 aromatic carbocycles. The third-order valence-electron chi connectivity index (χ3n) is 1.38. The van der Waals surface area contributed by atoms with Crippen LogP contribution in [-0.4, -0.2) is 21.5 Å². The monoisotopic (exact) mass is 188 g/mol. The Morgan fingerprint density at radius 2 is 2.25 bits per heavy atom. The topological polar surface area (TPSA) is 61.7 Å². The highest BCUT2D eigenvalue weighted by molar-refractivity contribution is 8.15. The fourth-order valence-corrected chi connectivity index (χ4v) is 1.62. The average molecular weight is 188 g/mol. The minimum absolute atomic E-state index is 0.0676. The molecule has 0 fully saturated rings. The lowest BCUT2D eigenvalue weighted by atomic mass is 9.99. The molecule has 1 aliphatic heterocycles. The number of nitrogens with zero attached hydrogens (tertiary/aromatic N) is 1. The van der Waals surface area contributed by atoms with Crippen molar-refractivity contribution in [3.63, 3.8) is 0 Å². The summed E-state index contributed by atoms with van der Waals surface area (Å²) in [6.45, 7) is 6.01. The molecule has 1 atom stereocenters. The second-order valence-corrected chi connectivity index (χ2v) is 4.73. The number of hydrogen-bond donors (Lipinski definition) is 2. The van der Waals surface area contributed by atoms with Crippen molar-refractivity contribution in [1.29, 1.82) is 0 Å². The molecule has 0 aromatic rings. The summed E-state index contributed by atoms with van der Waals surface area (Å²) in [6.07, 6.45) is 0. The van der Waals surface area contributed by atoms with Crippen LogP contribution in [0, 0.1) is 5.41 Å². The molecule has 4 nitrogen and oxygen atoms in total. The summed E-state index contributed by atoms with van der Waals surface area (Å²) in [6, 6.07) is 0. The standard InChI is InChI=1S/C7H12N2O2S/c1-7(2,3)6-9-8-4(12-6)5(10)11/h4,8H,1-3H3,(H,10,11)/t4-/m0/s1. The van der Waals surface area contributed by atoms with Crippen LogP contribution in [0.3, 0.4) is 0 Å². The molecule has 0 radical (unpaired) electrons. The van der Waals surface area contributed by atoms with E-state index in [-0.39, 0.29) is 5.41 Å². The maximum Gasteiger partial charge on any atom is 0.338 e. The van der Waals surface area contributed by atoms with E-state index < -0.39 is 11.3 Å². The second-order valence-electron chi connectivity index (χ2n) is 3.63. The fraction of sp³-hybridized carbons (Fsp3) is 0.714. The largest absolute Gasteiger partial charge is 0.479 e. The quantitative estimate of drug-likeness (QED) is 0.646. The van der Waals surface area contributed by atoms with E-state index in [4.69, 9.17) is 5.11 Å². The SMILES string of the molecule is CC(C)(C)C1=NN[C@H](C(=O)O)S1. The van der Waals surface area contributed by atoms with E-state index in [2.05, 4.69) is 10.5 Å². The Morgan fingerprint density at radius 3 is 2.50 bits per heavy atom. The van der Waals surface area contributed by atoms with Crippen molar-refractivity contribution >= 4 is 22.8 Å². The van der Waals surface area contributed by atoms with Gasteiger partial charge in [-0.3, -0.25) is 5.43 Å². The van der Waals surface area contributed by atoms with Crippen molar-refractivity contribution in [3.05, 3.63) is 0 Å². The third-order valence-corrected chi connectivity index (χ3v) is 2.85. The molecule has 0 bridgehead atoms. The molecule has 0 aliphatic carbocycles. The molecule has 12 heavy (non-hydrogen) atoms. The van der Waals surface area contributed by atoms with Crippen LogP contribution in [0.5, 0.6) is 0 Å². The molecular weight excluding hydrogens is 176 g/mol. The van der Waals surface area contributed by atoms with E-state index in [1.54, 1.807) is 0 Å². The van der Waals surface area contributed by atoms with Crippen LogP contribution in [0.25, 0.3) is 0 Å². The number of carboxylic acids is 1. The summed E-state index contributed by atoms with van der Waals surface area (Å²) in [7, 11) is 0. The molecule has 2 N–H and O–H groups in total. The van der Waals surface area contributed by atoms with Crippen LogP contribution in [0.2, 0.25) is 0 Å². The predicted octanol–water partition coefficient (Wildman–Crippen LogP) is 1.09. The molecule has 1 heterocycles. The Labute approximate surface area is 75.4 Å². The van der Waals surface area contributed by atoms with Crippen molar-refractivity contribution in [2.24, 2.45) is 10.5 Å². The average Bonchev–Trinajstić information content (AvgIpc) is 2.30. The Morgan fingerprint density at radius 1 is 1.67 bits per heavy atom. The van der Waals surface area contributed by atoms with E-state index in [1.807, 2.05) is 20.8 Å². The Bertz CT molecular complexity index is 232. The molecule has 68 valence electrons. The van der Waals surface area contributed by atoms with Gasteiger partial charge in [0.25, 0.3) is 0 Å². The van der Waals surface area contributed by atoms with Gasteiger partial charge in [0, 0.05) is 5.41 Å². The van der Waals surface area contributed by atoms with E-state index in [0.717, 1.165) is 5.04 Å². The zero-order valence-electron chi connectivity index (χ0n) is 7.29. The number of rotatable bonds is 1. The summed E-state index contributed by atoms with van der Waals surface area (Å²) in [5.41, 5.74) is 2.50. The first-order valence-electron chi connectivity index (χ1n) is 3.64. The summed E-state index contributed by atoms with van der Waals surface area (Å²) >= 11 is 1.27. The van der Waals surface area contributed by atoms with E-state index in [1.165, 1.54) is 11.8 Å². The molecule has 0 saturated carbocycles. The number of aliphatic carboxylic acids is 1. The van der Waals surface area contributed by atoms with E-state index >= 15 is 0 Å². The van der Waals surface area contributed by atoms with E-state index in [0.29, 0.717) is 0 Å². The fourth-order valence-electron chi connectivity index (χ4n) is 0.732. The lowest BCUT2D eigenvalue weighted by Crippen LogP contribution is -2.26. The zero-order valence-corrected chi connectivity index (χ0v) is 8.10. The maximum atomic E-state index is 10.5. The van der Waals surface area contributed by atoms with Crippen molar-refractivity contribution in [2.45, 2.75) is 26.1 Å². The minimum Gasteiger partial charge on any atom is -0.479 e. The normalized spacial score (nSPS) is 23.2. The third kappa shape index (κ3) is 1.91. The van der Waals surface area contributed by atoms with Crippen LogP contribution in [-0.2, 0) is 4.79 Å². The molecule has 0 spiro atoms. The Hall–Kier alpha value is -0.710. The Kier molecular flexibility index (Phi) is 2.32. The highest BCUT2D eigenvalue weighted by Crippen LogP contribution is 2.30. The second kappa shape index (κ2) is 2.97. The zero-order chi connectivity index (χ0) is 9.35. The minimum atomic E-state index is -0.872. The van der Waals surface area contributed by atoms with Gasteiger partial charge in [0.1, 0.15) is 5.04 Å². The van der Waals surface area contributed by atoms with Crippen molar-refractivity contribution in [1.82, 2.24) is 5.43 Å². The molecule has 5 heteroatoms. The van der Waals surface area contributed by atoms with Crippen LogP contribution < -0.4 is 5.43 Å². The first kappa shape index (κ1) is 9.38. The van der Waals surface area contributed by atoms with Gasteiger partial charge in [-0.2, -0.15) is 5.10 Å². The number of hydrogen-bond acceptors (Lipinski definition) is 4. The summed E-state index contributed by atoms with van der Waals surface area (Å²) in [5, 5.41) is 12.8. The van der Waals surface area contributed by atoms with Gasteiger partial charge in [-0.1, -0.05) is 32.5 Å². The van der Waals surface area contributed by atoms with Gasteiger partial charge in [0.15, 0.2) is 5.37 Å². The number of nitrogens with one attached hydrogen (secondary N) is 1. The van der Waals surface area contributed by atoms with Crippen molar-refractivity contribution < 1.29 is 9.90 Å². The van der Waals surface area contributed by atoms with Gasteiger partial charge >= 0.3 is 5.97 Å². The summed E-state index contributed by atoms with van der Waals surface area (Å²) in [5.74, 6) is -0.872. The van der Waals surface area contributed by atoms with Crippen LogP contribution >= 0.6 is 11.8 Å². The molecule has 1 rings (SSSR count). The van der Waals surface area contributed by atoms with Crippen LogP contribution in [0.4, 0.5) is 0 Å². The van der Waals surface area contributed by atoms with Gasteiger partial charge in [0.05, 0.1) is 0 Å². The van der Waals surface area contributed by atoms with Gasteiger partial charge in [-0.15, -0.1) is 0 Å². The smallest absolute Gasteiger partial charge is 0.338 e. The number of hydrazone groups is 1. The molecule has 0 aromatic heterocycles. The summed E-state index contributed by atoms with van der Waals surface area (Å²) in [4.78, 5) is 10.5. The summed E-state index contributed by atoms with van der Waals surface area (Å²) < 4.78 is 0. The first-order chi connectivity index (χ1) is 5.41. The molecule has 0 amide bonds. The lowest BCUT2D eigenvalue weighted by molar-refractivity contribution is -0.136. The highest BCUT2D eigenvalue weighted by atomic mass is 32.2. The highest BCUT2D eigenvalue weighted by Gasteiger charge is 2.31. The van der Waals surface area contributed by atoms with Gasteiger partial charge in [-0.05, 0) is 0 Å². The van der Waals surface area contributed by atoms with Gasteiger partial charge in [-0.25, -0.2) is 4.79 Å². The predicted molar refractivity (Wildman–Crippen MR) is 49.0 cm³/mol. The van der Waals surface area contributed by atoms with Crippen LogP contribution in [0.1, 0.15) is 20.8 Å². The lowest BCUT2D eigenvalue weighted by Gasteiger charge is -2.16. The molecule has 1 aliphatic rings. The number of carbonyl (C=O) groups is 1. The first-order valence-corrected chi connectivity index (χ1v) is 4.52. The molecular formula is C7H12N2O2S. The van der Waals surface area contributed by atoms with Crippen LogP contribution in [0.15, 0.2) is 5.10 Å². The van der Waals surface area contributed by atoms with Gasteiger partial charge < -0.3 is 5.11 Å². The Balaban J connectivity index is 2.61. The number of thioether (sulfide) groups is 1. The van der Waals surface area contributed by atoms with Gasteiger partial charge in [0.2, 0.25) is 0 Å². The maximum absolute atomic E-state index is 10.5. The van der Waals surface area contributed by atoms with Crippen molar-refractivity contribution in [3.8, 4) is 0 Å². The van der Waals surface area contributed by atoms with E-state index in [9.17, 15) is 4.79 Å². The molecule has 0 saturated heterocycles. The molecule has 0 unspecified atom stereocenters. The van der Waals surface area contributed by atoms with Crippen molar-refractivity contribution in [2.75, 3.05) is 0 Å².